The molecule has 2 rings (SSSR count). The van der Waals surface area contributed by atoms with E-state index in [4.69, 9.17) is 18.9 Å². The summed E-state index contributed by atoms with van der Waals surface area (Å²) in [6.45, 7) is 1.35. The molecule has 0 bridgehead atoms. The Morgan fingerprint density at radius 3 is 1.74 bits per heavy atom. The number of hydrogen-bond acceptors (Lipinski definition) is 6. The van der Waals surface area contributed by atoms with Gasteiger partial charge in [0.2, 0.25) is 0 Å². The summed E-state index contributed by atoms with van der Waals surface area (Å²) in [6.07, 6.45) is 0. The van der Waals surface area contributed by atoms with Gasteiger partial charge in [0.1, 0.15) is 0 Å². The molecular formula is C17H18O5S. The Balaban J connectivity index is 2.24. The van der Waals surface area contributed by atoms with E-state index >= 15 is 0 Å². The molecule has 0 aliphatic carbocycles. The van der Waals surface area contributed by atoms with Gasteiger partial charge in [-0.25, -0.2) is 0 Å². The quantitative estimate of drug-likeness (QED) is 0.592. The third-order valence-corrected chi connectivity index (χ3v) is 3.96. The van der Waals surface area contributed by atoms with Gasteiger partial charge in [-0.15, -0.1) is 0 Å². The van der Waals surface area contributed by atoms with Crippen molar-refractivity contribution >= 4 is 17.7 Å². The Morgan fingerprint density at radius 1 is 0.783 bits per heavy atom. The zero-order valence-electron chi connectivity index (χ0n) is 13.4. The summed E-state index contributed by atoms with van der Waals surface area (Å²) in [5, 5.41) is 0. The SMILES string of the molecule is COc1ccc(Sc2ccc(OC(C)=O)c(OC)c2)cc1OC. The highest BCUT2D eigenvalue weighted by molar-refractivity contribution is 7.99. The molecular weight excluding hydrogens is 316 g/mol. The van der Waals surface area contributed by atoms with Gasteiger partial charge in [-0.1, -0.05) is 11.8 Å². The van der Waals surface area contributed by atoms with Crippen molar-refractivity contribution in [2.45, 2.75) is 16.7 Å². The number of carbonyl (C=O) groups excluding carboxylic acids is 1. The lowest BCUT2D eigenvalue weighted by molar-refractivity contribution is -0.132. The first-order valence-corrected chi connectivity index (χ1v) is 7.65. The average molecular weight is 334 g/mol. The number of ether oxygens (including phenoxy) is 4. The lowest BCUT2D eigenvalue weighted by Gasteiger charge is -2.11. The van der Waals surface area contributed by atoms with Crippen molar-refractivity contribution in [3.05, 3.63) is 36.4 Å². The highest BCUT2D eigenvalue weighted by Crippen LogP contribution is 2.38. The van der Waals surface area contributed by atoms with Crippen molar-refractivity contribution in [1.82, 2.24) is 0 Å². The minimum Gasteiger partial charge on any atom is -0.493 e. The van der Waals surface area contributed by atoms with E-state index in [1.807, 2.05) is 30.3 Å². The number of hydrogen-bond donors (Lipinski definition) is 0. The molecule has 0 saturated heterocycles. The van der Waals surface area contributed by atoms with Crippen molar-refractivity contribution in [3.8, 4) is 23.0 Å². The molecule has 0 aliphatic rings. The van der Waals surface area contributed by atoms with E-state index in [-0.39, 0.29) is 5.97 Å². The second-order valence-corrected chi connectivity index (χ2v) is 5.67. The van der Waals surface area contributed by atoms with Gasteiger partial charge in [-0.05, 0) is 36.4 Å². The van der Waals surface area contributed by atoms with Crippen LogP contribution in [-0.4, -0.2) is 27.3 Å². The van der Waals surface area contributed by atoms with Crippen LogP contribution in [0.15, 0.2) is 46.2 Å². The highest BCUT2D eigenvalue weighted by atomic mass is 32.2. The Bertz CT molecular complexity index is 699. The van der Waals surface area contributed by atoms with Crippen LogP contribution in [0.5, 0.6) is 23.0 Å². The zero-order chi connectivity index (χ0) is 16.8. The minimum absolute atomic E-state index is 0.386. The summed E-state index contributed by atoms with van der Waals surface area (Å²) < 4.78 is 20.9. The lowest BCUT2D eigenvalue weighted by atomic mass is 10.3. The molecule has 0 spiro atoms. The molecule has 0 aromatic heterocycles. The second kappa shape index (κ2) is 7.78. The Hall–Kier alpha value is -2.34. The standard InChI is InChI=1S/C17H18O5S/c1-11(18)22-15-8-6-13(10-17(15)21-4)23-12-5-7-14(19-2)16(9-12)20-3/h5-10H,1-4H3. The summed E-state index contributed by atoms with van der Waals surface area (Å²) in [6, 6.07) is 11.1. The van der Waals surface area contributed by atoms with Crippen molar-refractivity contribution in [2.75, 3.05) is 21.3 Å². The van der Waals surface area contributed by atoms with Crippen LogP contribution in [0.25, 0.3) is 0 Å². The first-order chi connectivity index (χ1) is 11.1. The van der Waals surface area contributed by atoms with Crippen molar-refractivity contribution in [2.24, 2.45) is 0 Å². The van der Waals surface area contributed by atoms with Gasteiger partial charge < -0.3 is 18.9 Å². The van der Waals surface area contributed by atoms with Crippen molar-refractivity contribution in [3.63, 3.8) is 0 Å². The van der Waals surface area contributed by atoms with Gasteiger partial charge in [-0.3, -0.25) is 4.79 Å². The van der Waals surface area contributed by atoms with Crippen LogP contribution in [0.2, 0.25) is 0 Å². The van der Waals surface area contributed by atoms with Crippen LogP contribution in [-0.2, 0) is 4.79 Å². The van der Waals surface area contributed by atoms with E-state index in [1.54, 1.807) is 20.3 Å². The molecule has 2 aromatic rings. The van der Waals surface area contributed by atoms with Gasteiger partial charge in [0.05, 0.1) is 21.3 Å². The largest absolute Gasteiger partial charge is 0.493 e. The maximum absolute atomic E-state index is 11.1. The maximum Gasteiger partial charge on any atom is 0.308 e. The summed E-state index contributed by atoms with van der Waals surface area (Å²) in [4.78, 5) is 13.0. The fourth-order valence-corrected chi connectivity index (χ4v) is 2.84. The van der Waals surface area contributed by atoms with Crippen LogP contribution >= 0.6 is 11.8 Å². The summed E-state index contributed by atoms with van der Waals surface area (Å²) in [7, 11) is 4.74. The number of benzene rings is 2. The molecule has 122 valence electrons. The Kier molecular flexibility index (Phi) is 5.76. The van der Waals surface area contributed by atoms with E-state index in [9.17, 15) is 4.79 Å². The van der Waals surface area contributed by atoms with Gasteiger partial charge >= 0.3 is 5.97 Å². The molecule has 0 radical (unpaired) electrons. The molecule has 0 unspecified atom stereocenters. The fourth-order valence-electron chi connectivity index (χ4n) is 1.97. The number of esters is 1. The van der Waals surface area contributed by atoms with E-state index in [0.717, 1.165) is 9.79 Å². The number of rotatable bonds is 6. The molecule has 0 heterocycles. The monoisotopic (exact) mass is 334 g/mol. The molecule has 0 atom stereocenters. The van der Waals surface area contributed by atoms with Crippen molar-refractivity contribution in [1.29, 1.82) is 0 Å². The van der Waals surface area contributed by atoms with Gasteiger partial charge in [0.15, 0.2) is 23.0 Å². The molecule has 23 heavy (non-hydrogen) atoms. The molecule has 6 heteroatoms. The summed E-state index contributed by atoms with van der Waals surface area (Å²) in [5.74, 6) is 1.87. The maximum atomic E-state index is 11.1. The molecule has 2 aromatic carbocycles. The molecule has 0 aliphatic heterocycles. The average Bonchev–Trinajstić information content (AvgIpc) is 2.55. The predicted molar refractivity (Wildman–Crippen MR) is 88.0 cm³/mol. The van der Waals surface area contributed by atoms with Gasteiger partial charge in [0.25, 0.3) is 0 Å². The van der Waals surface area contributed by atoms with Crippen LogP contribution in [0.4, 0.5) is 0 Å². The molecule has 0 fully saturated rings. The topological polar surface area (TPSA) is 54.0 Å². The molecule has 5 nitrogen and oxygen atoms in total. The first-order valence-electron chi connectivity index (χ1n) is 6.83. The molecule has 0 N–H and O–H groups in total. The smallest absolute Gasteiger partial charge is 0.308 e. The van der Waals surface area contributed by atoms with E-state index in [1.165, 1.54) is 25.8 Å². The summed E-state index contributed by atoms with van der Waals surface area (Å²) in [5.41, 5.74) is 0. The number of carbonyl (C=O) groups is 1. The van der Waals surface area contributed by atoms with E-state index in [2.05, 4.69) is 0 Å². The third kappa shape index (κ3) is 4.32. The molecule has 0 saturated carbocycles. The fraction of sp³-hybridized carbons (Fsp3) is 0.235. The predicted octanol–water partition coefficient (Wildman–Crippen LogP) is 3.79. The van der Waals surface area contributed by atoms with Crippen LogP contribution in [0.1, 0.15) is 6.92 Å². The minimum atomic E-state index is -0.386. The van der Waals surface area contributed by atoms with Gasteiger partial charge in [0, 0.05) is 16.7 Å². The van der Waals surface area contributed by atoms with Gasteiger partial charge in [-0.2, -0.15) is 0 Å². The van der Waals surface area contributed by atoms with Crippen LogP contribution in [0.3, 0.4) is 0 Å². The first kappa shape index (κ1) is 17.0. The van der Waals surface area contributed by atoms with E-state index in [0.29, 0.717) is 23.0 Å². The summed E-state index contributed by atoms with van der Waals surface area (Å²) >= 11 is 1.54. The van der Waals surface area contributed by atoms with Crippen LogP contribution < -0.4 is 18.9 Å². The normalized spacial score (nSPS) is 10.1. The van der Waals surface area contributed by atoms with E-state index < -0.39 is 0 Å². The number of methoxy groups -OCH3 is 3. The van der Waals surface area contributed by atoms with Crippen molar-refractivity contribution < 1.29 is 23.7 Å². The zero-order valence-corrected chi connectivity index (χ0v) is 14.2. The lowest BCUT2D eigenvalue weighted by Crippen LogP contribution is -2.02. The second-order valence-electron chi connectivity index (χ2n) is 4.53. The molecule has 0 amide bonds. The highest BCUT2D eigenvalue weighted by Gasteiger charge is 2.10. The Labute approximate surface area is 139 Å². The third-order valence-electron chi connectivity index (χ3n) is 2.98. The van der Waals surface area contributed by atoms with Crippen LogP contribution in [0, 0.1) is 0 Å². The Morgan fingerprint density at radius 2 is 1.26 bits per heavy atom.